The van der Waals surface area contributed by atoms with E-state index in [1.807, 2.05) is 38.1 Å². The van der Waals surface area contributed by atoms with Gasteiger partial charge in [-0.1, -0.05) is 24.3 Å². The van der Waals surface area contributed by atoms with Gasteiger partial charge in [0.15, 0.2) is 0 Å². The molecule has 2 rings (SSSR count). The first-order valence-corrected chi connectivity index (χ1v) is 8.39. The summed E-state index contributed by atoms with van der Waals surface area (Å²) in [6.45, 7) is 4.73. The van der Waals surface area contributed by atoms with Gasteiger partial charge in [0.05, 0.1) is 6.10 Å². The summed E-state index contributed by atoms with van der Waals surface area (Å²) in [5, 5.41) is 12.6. The molecule has 1 aromatic rings. The molecule has 2 N–H and O–H groups in total. The third-order valence-electron chi connectivity index (χ3n) is 4.44. The molecule has 128 valence electrons. The summed E-state index contributed by atoms with van der Waals surface area (Å²) in [6.07, 6.45) is 1.48. The Labute approximate surface area is 139 Å². The van der Waals surface area contributed by atoms with E-state index in [0.717, 1.165) is 38.0 Å². The fourth-order valence-electron chi connectivity index (χ4n) is 3.08. The molecule has 0 spiro atoms. The van der Waals surface area contributed by atoms with Crippen LogP contribution >= 0.6 is 0 Å². The second kappa shape index (κ2) is 8.31. The molecule has 1 heterocycles. The van der Waals surface area contributed by atoms with Crippen LogP contribution in [-0.4, -0.2) is 54.2 Å². The summed E-state index contributed by atoms with van der Waals surface area (Å²) < 4.78 is 0. The highest BCUT2D eigenvalue weighted by molar-refractivity contribution is 5.74. The zero-order chi connectivity index (χ0) is 16.8. The van der Waals surface area contributed by atoms with E-state index in [4.69, 9.17) is 0 Å². The first kappa shape index (κ1) is 17.8. The van der Waals surface area contributed by atoms with Gasteiger partial charge in [-0.05, 0) is 50.9 Å². The number of aliphatic hydroxyl groups excluding tert-OH is 1. The van der Waals surface area contributed by atoms with Gasteiger partial charge in [0.25, 0.3) is 0 Å². The Kier molecular flexibility index (Phi) is 6.42. The normalized spacial score (nSPS) is 17.3. The zero-order valence-electron chi connectivity index (χ0n) is 14.5. The van der Waals surface area contributed by atoms with Crippen molar-refractivity contribution in [1.29, 1.82) is 0 Å². The van der Waals surface area contributed by atoms with Crippen molar-refractivity contribution in [3.63, 3.8) is 0 Å². The minimum Gasteiger partial charge on any atom is -0.393 e. The molecular weight excluding hydrogens is 290 g/mol. The predicted octanol–water partition coefficient (Wildman–Crippen LogP) is 2.05. The number of aliphatic hydroxyl groups is 1. The number of piperidine rings is 1. The van der Waals surface area contributed by atoms with E-state index >= 15 is 0 Å². The number of hydrogen-bond acceptors (Lipinski definition) is 3. The maximum absolute atomic E-state index is 12.3. The maximum Gasteiger partial charge on any atom is 0.317 e. The minimum absolute atomic E-state index is 0.00736. The molecular formula is C18H29N3O2. The van der Waals surface area contributed by atoms with E-state index in [1.54, 1.807) is 0 Å². The second-order valence-corrected chi connectivity index (χ2v) is 6.78. The molecule has 1 saturated heterocycles. The number of amides is 2. The van der Waals surface area contributed by atoms with Gasteiger partial charge >= 0.3 is 6.03 Å². The number of nitrogens with zero attached hydrogens (tertiary/aromatic N) is 2. The lowest BCUT2D eigenvalue weighted by molar-refractivity contribution is 0.0798. The number of carbonyl (C=O) groups is 1. The molecule has 5 nitrogen and oxygen atoms in total. The molecule has 0 saturated carbocycles. The first-order valence-electron chi connectivity index (χ1n) is 8.39. The van der Waals surface area contributed by atoms with Crippen molar-refractivity contribution in [1.82, 2.24) is 15.1 Å². The van der Waals surface area contributed by atoms with E-state index in [-0.39, 0.29) is 12.1 Å². The molecule has 0 aliphatic carbocycles. The number of urea groups is 1. The molecule has 0 bridgehead atoms. The second-order valence-electron chi connectivity index (χ2n) is 6.78. The van der Waals surface area contributed by atoms with Crippen molar-refractivity contribution in [2.24, 2.45) is 5.92 Å². The van der Waals surface area contributed by atoms with E-state index in [0.29, 0.717) is 12.5 Å². The third kappa shape index (κ3) is 5.52. The smallest absolute Gasteiger partial charge is 0.317 e. The fourth-order valence-corrected chi connectivity index (χ4v) is 3.08. The number of rotatable bonds is 5. The molecule has 1 unspecified atom stereocenters. The first-order chi connectivity index (χ1) is 11.0. The lowest BCUT2D eigenvalue weighted by Crippen LogP contribution is -2.45. The number of carbonyl (C=O) groups excluding carboxylic acids is 1. The van der Waals surface area contributed by atoms with Crippen LogP contribution in [0.25, 0.3) is 0 Å². The lowest BCUT2D eigenvalue weighted by atomic mass is 9.92. The summed E-state index contributed by atoms with van der Waals surface area (Å²) >= 11 is 0. The topological polar surface area (TPSA) is 55.8 Å². The quantitative estimate of drug-likeness (QED) is 0.873. The minimum atomic E-state index is -0.278. The zero-order valence-corrected chi connectivity index (χ0v) is 14.5. The van der Waals surface area contributed by atoms with Crippen LogP contribution in [0.15, 0.2) is 24.3 Å². The van der Waals surface area contributed by atoms with Gasteiger partial charge in [-0.25, -0.2) is 4.79 Å². The molecule has 0 aromatic heterocycles. The average Bonchev–Trinajstić information content (AvgIpc) is 2.52. The van der Waals surface area contributed by atoms with Gasteiger partial charge in [-0.15, -0.1) is 0 Å². The maximum atomic E-state index is 12.3. The van der Waals surface area contributed by atoms with Crippen LogP contribution in [0.1, 0.15) is 30.9 Å². The van der Waals surface area contributed by atoms with Crippen molar-refractivity contribution in [3.05, 3.63) is 35.4 Å². The molecule has 1 aliphatic heterocycles. The van der Waals surface area contributed by atoms with Crippen LogP contribution < -0.4 is 5.32 Å². The molecule has 0 radical (unpaired) electrons. The van der Waals surface area contributed by atoms with Gasteiger partial charge in [0, 0.05) is 26.2 Å². The van der Waals surface area contributed by atoms with Gasteiger partial charge in [-0.2, -0.15) is 0 Å². The number of benzene rings is 1. The van der Waals surface area contributed by atoms with Crippen LogP contribution in [0.3, 0.4) is 0 Å². The lowest BCUT2D eigenvalue weighted by Gasteiger charge is -2.33. The highest BCUT2D eigenvalue weighted by Crippen LogP contribution is 2.20. The van der Waals surface area contributed by atoms with Gasteiger partial charge in [-0.3, -0.25) is 0 Å². The van der Waals surface area contributed by atoms with Crippen LogP contribution in [0.2, 0.25) is 0 Å². The Bertz CT molecular complexity index is 509. The summed E-state index contributed by atoms with van der Waals surface area (Å²) in [5.41, 5.74) is 2.37. The largest absolute Gasteiger partial charge is 0.393 e. The highest BCUT2D eigenvalue weighted by Gasteiger charge is 2.25. The molecule has 5 heteroatoms. The molecule has 1 fully saturated rings. The van der Waals surface area contributed by atoms with E-state index in [2.05, 4.69) is 22.3 Å². The van der Waals surface area contributed by atoms with E-state index < -0.39 is 0 Å². The molecule has 23 heavy (non-hydrogen) atoms. The van der Waals surface area contributed by atoms with Gasteiger partial charge in [0.2, 0.25) is 0 Å². The standard InChI is InChI=1S/C18H29N3O2/c1-14(22)17-7-9-21(10-8-17)18(23)19-12-15-5-4-6-16(11-15)13-20(2)3/h4-6,11,14,17,22H,7-10,12-13H2,1-3H3,(H,19,23). The SMILES string of the molecule is CC(O)C1CCN(C(=O)NCc2cccc(CN(C)C)c2)CC1. The van der Waals surface area contributed by atoms with Crippen molar-refractivity contribution in [2.45, 2.75) is 39.0 Å². The molecule has 1 aliphatic rings. The fraction of sp³-hybridized carbons (Fsp3) is 0.611. The van der Waals surface area contributed by atoms with E-state index in [1.165, 1.54) is 5.56 Å². The Morgan fingerprint density at radius 2 is 2.00 bits per heavy atom. The average molecular weight is 319 g/mol. The van der Waals surface area contributed by atoms with Crippen LogP contribution in [0.5, 0.6) is 0 Å². The van der Waals surface area contributed by atoms with Gasteiger partial charge in [0.1, 0.15) is 0 Å². The molecule has 2 amide bonds. The van der Waals surface area contributed by atoms with Crippen molar-refractivity contribution in [3.8, 4) is 0 Å². The molecule has 1 atom stereocenters. The van der Waals surface area contributed by atoms with Crippen LogP contribution in [0.4, 0.5) is 4.79 Å². The summed E-state index contributed by atoms with van der Waals surface area (Å²) in [7, 11) is 4.09. The summed E-state index contributed by atoms with van der Waals surface area (Å²) in [6, 6.07) is 8.31. The van der Waals surface area contributed by atoms with Crippen molar-refractivity contribution < 1.29 is 9.90 Å². The Hall–Kier alpha value is -1.59. The Balaban J connectivity index is 1.81. The van der Waals surface area contributed by atoms with E-state index in [9.17, 15) is 9.90 Å². The number of hydrogen-bond donors (Lipinski definition) is 2. The molecule has 1 aromatic carbocycles. The Morgan fingerprint density at radius 3 is 2.61 bits per heavy atom. The Morgan fingerprint density at radius 1 is 1.35 bits per heavy atom. The summed E-state index contributed by atoms with van der Waals surface area (Å²) in [5.74, 6) is 0.321. The van der Waals surface area contributed by atoms with Crippen LogP contribution in [-0.2, 0) is 13.1 Å². The number of likely N-dealkylation sites (tertiary alicyclic amines) is 1. The van der Waals surface area contributed by atoms with Gasteiger partial charge < -0.3 is 20.2 Å². The van der Waals surface area contributed by atoms with Crippen molar-refractivity contribution >= 4 is 6.03 Å². The van der Waals surface area contributed by atoms with Crippen molar-refractivity contribution in [2.75, 3.05) is 27.2 Å². The predicted molar refractivity (Wildman–Crippen MR) is 92.0 cm³/mol. The number of nitrogens with one attached hydrogen (secondary N) is 1. The summed E-state index contributed by atoms with van der Waals surface area (Å²) in [4.78, 5) is 16.2. The highest BCUT2D eigenvalue weighted by atomic mass is 16.3. The van der Waals surface area contributed by atoms with Crippen LogP contribution in [0, 0.1) is 5.92 Å². The third-order valence-corrected chi connectivity index (χ3v) is 4.44. The monoisotopic (exact) mass is 319 g/mol.